The number of aliphatic hydroxyl groups excluding tert-OH is 1. The molecule has 0 radical (unpaired) electrons. The first-order valence-electron chi connectivity index (χ1n) is 6.54. The fourth-order valence-corrected chi connectivity index (χ4v) is 2.20. The van der Waals surface area contributed by atoms with Crippen molar-refractivity contribution < 1.29 is 9.84 Å². The standard InChI is InChI=1S/C15H20N2O2/c16-6-2-5-13-3-1-4-14(9-13)10-17-7-8-19-12-15(17)11-18/h1,3-4,9,15,18H,6-8,10-12,16H2. The second-order valence-electron chi connectivity index (χ2n) is 4.59. The molecule has 0 aromatic heterocycles. The second-order valence-corrected chi connectivity index (χ2v) is 4.59. The van der Waals surface area contributed by atoms with E-state index in [-0.39, 0.29) is 12.6 Å². The van der Waals surface area contributed by atoms with Crippen molar-refractivity contribution in [3.05, 3.63) is 35.4 Å². The molecule has 0 saturated carbocycles. The van der Waals surface area contributed by atoms with Gasteiger partial charge in [0.15, 0.2) is 0 Å². The topological polar surface area (TPSA) is 58.7 Å². The summed E-state index contributed by atoms with van der Waals surface area (Å²) >= 11 is 0. The van der Waals surface area contributed by atoms with Crippen LogP contribution in [-0.4, -0.2) is 49.0 Å². The summed E-state index contributed by atoms with van der Waals surface area (Å²) in [7, 11) is 0. The van der Waals surface area contributed by atoms with Gasteiger partial charge in [-0.3, -0.25) is 4.90 Å². The molecule has 1 aromatic rings. The lowest BCUT2D eigenvalue weighted by Crippen LogP contribution is -2.46. The van der Waals surface area contributed by atoms with Gasteiger partial charge in [0.2, 0.25) is 0 Å². The van der Waals surface area contributed by atoms with Crippen LogP contribution in [0.4, 0.5) is 0 Å². The molecule has 1 unspecified atom stereocenters. The molecule has 1 aromatic carbocycles. The quantitative estimate of drug-likeness (QED) is 0.762. The van der Waals surface area contributed by atoms with Crippen molar-refractivity contribution in [2.75, 3.05) is 32.9 Å². The molecule has 102 valence electrons. The van der Waals surface area contributed by atoms with Gasteiger partial charge in [-0.1, -0.05) is 24.0 Å². The van der Waals surface area contributed by atoms with Crippen molar-refractivity contribution in [3.63, 3.8) is 0 Å². The lowest BCUT2D eigenvalue weighted by Gasteiger charge is -2.34. The minimum absolute atomic E-state index is 0.0903. The maximum absolute atomic E-state index is 9.35. The normalized spacial score (nSPS) is 19.8. The molecule has 3 N–H and O–H groups in total. The Morgan fingerprint density at radius 1 is 1.47 bits per heavy atom. The molecule has 1 fully saturated rings. The van der Waals surface area contributed by atoms with Gasteiger partial charge in [-0.05, 0) is 17.7 Å². The Labute approximate surface area is 114 Å². The first-order chi connectivity index (χ1) is 9.33. The van der Waals surface area contributed by atoms with Crippen LogP contribution in [0.1, 0.15) is 11.1 Å². The first-order valence-corrected chi connectivity index (χ1v) is 6.54. The van der Waals surface area contributed by atoms with Crippen LogP contribution in [0.3, 0.4) is 0 Å². The van der Waals surface area contributed by atoms with Crippen molar-refractivity contribution in [1.29, 1.82) is 0 Å². The van der Waals surface area contributed by atoms with Crippen LogP contribution in [0.5, 0.6) is 0 Å². The van der Waals surface area contributed by atoms with E-state index < -0.39 is 0 Å². The highest BCUT2D eigenvalue weighted by Crippen LogP contribution is 2.13. The van der Waals surface area contributed by atoms with Gasteiger partial charge >= 0.3 is 0 Å². The summed E-state index contributed by atoms with van der Waals surface area (Å²) in [5.41, 5.74) is 7.56. The lowest BCUT2D eigenvalue weighted by molar-refractivity contribution is -0.0312. The molecule has 0 aliphatic carbocycles. The van der Waals surface area contributed by atoms with Crippen LogP contribution < -0.4 is 5.73 Å². The predicted octanol–water partition coefficient (Wildman–Crippen LogP) is 0.190. The number of hydrogen-bond acceptors (Lipinski definition) is 4. The smallest absolute Gasteiger partial charge is 0.0644 e. The van der Waals surface area contributed by atoms with Crippen LogP contribution in [0.2, 0.25) is 0 Å². The Morgan fingerprint density at radius 3 is 3.16 bits per heavy atom. The fourth-order valence-electron chi connectivity index (χ4n) is 2.20. The summed E-state index contributed by atoms with van der Waals surface area (Å²) in [6.45, 7) is 3.50. The van der Waals surface area contributed by atoms with Gasteiger partial charge in [0.25, 0.3) is 0 Å². The van der Waals surface area contributed by atoms with E-state index in [0.717, 1.165) is 25.3 Å². The van der Waals surface area contributed by atoms with Crippen molar-refractivity contribution in [2.45, 2.75) is 12.6 Å². The van der Waals surface area contributed by atoms with E-state index in [4.69, 9.17) is 10.5 Å². The van der Waals surface area contributed by atoms with Gasteiger partial charge in [-0.2, -0.15) is 0 Å². The molecule has 4 heteroatoms. The van der Waals surface area contributed by atoms with E-state index in [1.165, 1.54) is 5.56 Å². The number of hydrogen-bond donors (Lipinski definition) is 2. The molecule has 1 heterocycles. The molecule has 2 rings (SSSR count). The third-order valence-electron chi connectivity index (χ3n) is 3.21. The van der Waals surface area contributed by atoms with E-state index in [1.54, 1.807) is 0 Å². The molecule has 4 nitrogen and oxygen atoms in total. The zero-order valence-electron chi connectivity index (χ0n) is 11.0. The van der Waals surface area contributed by atoms with Crippen molar-refractivity contribution >= 4 is 0 Å². The highest BCUT2D eigenvalue weighted by atomic mass is 16.5. The fraction of sp³-hybridized carbons (Fsp3) is 0.467. The van der Waals surface area contributed by atoms with E-state index in [0.29, 0.717) is 13.2 Å². The second kappa shape index (κ2) is 7.27. The minimum atomic E-state index is 0.0903. The Hall–Kier alpha value is -1.38. The number of benzene rings is 1. The van der Waals surface area contributed by atoms with Gasteiger partial charge in [0.1, 0.15) is 0 Å². The maximum atomic E-state index is 9.35. The van der Waals surface area contributed by atoms with Crippen LogP contribution >= 0.6 is 0 Å². The first kappa shape index (κ1) is 14.0. The number of morpholine rings is 1. The molecular formula is C15H20N2O2. The van der Waals surface area contributed by atoms with Gasteiger partial charge in [0, 0.05) is 18.7 Å². The van der Waals surface area contributed by atoms with Gasteiger partial charge in [-0.15, -0.1) is 0 Å². The molecule has 1 aliphatic heterocycles. The summed E-state index contributed by atoms with van der Waals surface area (Å²) in [6, 6.07) is 8.23. The Bertz CT molecular complexity index is 465. The zero-order valence-corrected chi connectivity index (χ0v) is 11.0. The largest absolute Gasteiger partial charge is 0.395 e. The zero-order chi connectivity index (χ0) is 13.5. The summed E-state index contributed by atoms with van der Waals surface area (Å²) in [5, 5.41) is 9.35. The van der Waals surface area contributed by atoms with Crippen LogP contribution in [0.15, 0.2) is 24.3 Å². The maximum Gasteiger partial charge on any atom is 0.0644 e. The Balaban J connectivity index is 2.05. The number of rotatable bonds is 3. The molecule has 1 saturated heterocycles. The van der Waals surface area contributed by atoms with Gasteiger partial charge in [0.05, 0.1) is 32.4 Å². The van der Waals surface area contributed by atoms with E-state index in [1.807, 2.05) is 12.1 Å². The average molecular weight is 260 g/mol. The van der Waals surface area contributed by atoms with Crippen molar-refractivity contribution in [3.8, 4) is 11.8 Å². The summed E-state index contributed by atoms with van der Waals surface area (Å²) in [5.74, 6) is 5.90. The average Bonchev–Trinajstić information content (AvgIpc) is 2.46. The molecule has 0 amide bonds. The lowest BCUT2D eigenvalue weighted by atomic mass is 10.1. The number of ether oxygens (including phenoxy) is 1. The number of aliphatic hydroxyl groups is 1. The summed E-state index contributed by atoms with van der Waals surface area (Å²) in [6.07, 6.45) is 0. The summed E-state index contributed by atoms with van der Waals surface area (Å²) in [4.78, 5) is 2.25. The Morgan fingerprint density at radius 2 is 2.37 bits per heavy atom. The van der Waals surface area contributed by atoms with E-state index in [9.17, 15) is 5.11 Å². The Kier molecular flexibility index (Phi) is 5.37. The number of nitrogens with zero attached hydrogens (tertiary/aromatic N) is 1. The molecular weight excluding hydrogens is 240 g/mol. The molecule has 1 aliphatic rings. The highest BCUT2D eigenvalue weighted by Gasteiger charge is 2.22. The van der Waals surface area contributed by atoms with E-state index in [2.05, 4.69) is 28.9 Å². The SMILES string of the molecule is NCC#Cc1cccc(CN2CCOCC2CO)c1. The van der Waals surface area contributed by atoms with Crippen LogP contribution in [0.25, 0.3) is 0 Å². The third kappa shape index (κ3) is 4.05. The van der Waals surface area contributed by atoms with Crippen molar-refractivity contribution in [2.24, 2.45) is 5.73 Å². The monoisotopic (exact) mass is 260 g/mol. The highest BCUT2D eigenvalue weighted by molar-refractivity contribution is 5.37. The minimum Gasteiger partial charge on any atom is -0.395 e. The van der Waals surface area contributed by atoms with Gasteiger partial charge in [-0.25, -0.2) is 0 Å². The predicted molar refractivity (Wildman–Crippen MR) is 74.5 cm³/mol. The van der Waals surface area contributed by atoms with E-state index >= 15 is 0 Å². The van der Waals surface area contributed by atoms with Gasteiger partial charge < -0.3 is 15.6 Å². The van der Waals surface area contributed by atoms with Crippen LogP contribution in [0, 0.1) is 11.8 Å². The molecule has 0 bridgehead atoms. The molecule has 0 spiro atoms. The summed E-state index contributed by atoms with van der Waals surface area (Å²) < 4.78 is 5.38. The third-order valence-corrected chi connectivity index (χ3v) is 3.21. The molecule has 19 heavy (non-hydrogen) atoms. The van der Waals surface area contributed by atoms with Crippen molar-refractivity contribution in [1.82, 2.24) is 4.90 Å². The molecule has 1 atom stereocenters. The van der Waals surface area contributed by atoms with Crippen LogP contribution in [-0.2, 0) is 11.3 Å². The number of nitrogens with two attached hydrogens (primary N) is 1.